The Hall–Kier alpha value is -2.40. The summed E-state index contributed by atoms with van der Waals surface area (Å²) < 4.78 is 5.51. The van der Waals surface area contributed by atoms with Gasteiger partial charge in [-0.1, -0.05) is 23.8 Å². The van der Waals surface area contributed by atoms with Gasteiger partial charge in [-0.05, 0) is 74.2 Å². The van der Waals surface area contributed by atoms with Gasteiger partial charge in [0.25, 0.3) is 0 Å². The van der Waals surface area contributed by atoms with Crippen LogP contribution in [0.1, 0.15) is 36.8 Å². The first kappa shape index (κ1) is 19.4. The summed E-state index contributed by atoms with van der Waals surface area (Å²) in [7, 11) is 1.68. The van der Waals surface area contributed by atoms with Gasteiger partial charge in [-0.3, -0.25) is 4.98 Å². The second kappa shape index (κ2) is 9.51. The molecule has 2 aromatic rings. The SMILES string of the molecule is COc1cc(C)ccc1NC(=S)N(CC1=CCCCC1)Cc1cccnc1. The van der Waals surface area contributed by atoms with Crippen molar-refractivity contribution in [2.75, 3.05) is 19.0 Å². The molecule has 0 atom stereocenters. The third-order valence-electron chi connectivity index (χ3n) is 4.76. The molecule has 1 aromatic heterocycles. The van der Waals surface area contributed by atoms with Crippen molar-refractivity contribution in [3.8, 4) is 5.75 Å². The lowest BCUT2D eigenvalue weighted by atomic mass is 9.99. The average Bonchev–Trinajstić information content (AvgIpc) is 2.70. The Kier molecular flexibility index (Phi) is 6.82. The number of aryl methyl sites for hydroxylation is 1. The molecule has 3 rings (SSSR count). The molecular weight excluding hydrogens is 354 g/mol. The van der Waals surface area contributed by atoms with Gasteiger partial charge in [0.15, 0.2) is 5.11 Å². The lowest BCUT2D eigenvalue weighted by Gasteiger charge is -2.28. The third kappa shape index (κ3) is 5.54. The number of aromatic nitrogens is 1. The van der Waals surface area contributed by atoms with Gasteiger partial charge in [0, 0.05) is 25.5 Å². The Balaban J connectivity index is 1.78. The highest BCUT2D eigenvalue weighted by Crippen LogP contribution is 2.26. The molecular formula is C22H27N3OS. The topological polar surface area (TPSA) is 37.4 Å². The molecule has 0 aliphatic heterocycles. The number of thiocarbonyl (C=S) groups is 1. The molecule has 0 saturated heterocycles. The van der Waals surface area contributed by atoms with E-state index < -0.39 is 0 Å². The molecule has 1 aliphatic rings. The number of benzene rings is 1. The van der Waals surface area contributed by atoms with E-state index in [2.05, 4.69) is 40.3 Å². The lowest BCUT2D eigenvalue weighted by molar-refractivity contribution is 0.415. The van der Waals surface area contributed by atoms with Crippen LogP contribution in [0.4, 0.5) is 5.69 Å². The van der Waals surface area contributed by atoms with E-state index in [-0.39, 0.29) is 0 Å². The van der Waals surface area contributed by atoms with Gasteiger partial charge in [0.2, 0.25) is 0 Å². The first-order valence-corrected chi connectivity index (χ1v) is 9.84. The Morgan fingerprint density at radius 2 is 2.15 bits per heavy atom. The maximum absolute atomic E-state index is 5.78. The van der Waals surface area contributed by atoms with E-state index in [1.165, 1.54) is 24.8 Å². The van der Waals surface area contributed by atoms with E-state index in [0.29, 0.717) is 5.11 Å². The first-order chi connectivity index (χ1) is 13.2. The number of anilines is 1. The summed E-state index contributed by atoms with van der Waals surface area (Å²) in [6, 6.07) is 10.1. The molecule has 1 N–H and O–H groups in total. The molecule has 0 amide bonds. The predicted molar refractivity (Wildman–Crippen MR) is 115 cm³/mol. The Morgan fingerprint density at radius 1 is 1.26 bits per heavy atom. The number of hydrogen-bond acceptors (Lipinski definition) is 3. The fourth-order valence-electron chi connectivity index (χ4n) is 3.30. The minimum atomic E-state index is 0.701. The molecule has 0 fully saturated rings. The zero-order valence-corrected chi connectivity index (χ0v) is 16.9. The minimum Gasteiger partial charge on any atom is -0.495 e. The summed E-state index contributed by atoms with van der Waals surface area (Å²) in [5.41, 5.74) is 4.66. The summed E-state index contributed by atoms with van der Waals surface area (Å²) in [6.07, 6.45) is 10.9. The number of hydrogen-bond donors (Lipinski definition) is 1. The van der Waals surface area contributed by atoms with Crippen LogP contribution in [0.5, 0.6) is 5.75 Å². The summed E-state index contributed by atoms with van der Waals surface area (Å²) in [5.74, 6) is 0.801. The Morgan fingerprint density at radius 3 is 2.85 bits per heavy atom. The predicted octanol–water partition coefficient (Wildman–Crippen LogP) is 5.10. The number of nitrogens with one attached hydrogen (secondary N) is 1. The van der Waals surface area contributed by atoms with Crippen molar-refractivity contribution in [3.05, 3.63) is 65.5 Å². The molecule has 5 heteroatoms. The van der Waals surface area contributed by atoms with Crippen molar-refractivity contribution in [2.45, 2.75) is 39.2 Å². The monoisotopic (exact) mass is 381 g/mol. The fourth-order valence-corrected chi connectivity index (χ4v) is 3.54. The van der Waals surface area contributed by atoms with Crippen LogP contribution in [0.3, 0.4) is 0 Å². The minimum absolute atomic E-state index is 0.701. The first-order valence-electron chi connectivity index (χ1n) is 9.43. The molecule has 27 heavy (non-hydrogen) atoms. The van der Waals surface area contributed by atoms with Crippen molar-refractivity contribution in [3.63, 3.8) is 0 Å². The van der Waals surface area contributed by atoms with E-state index in [1.54, 1.807) is 13.3 Å². The van der Waals surface area contributed by atoms with Gasteiger partial charge in [0.1, 0.15) is 5.75 Å². The Labute approximate surface area is 167 Å². The van der Waals surface area contributed by atoms with Crippen molar-refractivity contribution in [1.82, 2.24) is 9.88 Å². The van der Waals surface area contributed by atoms with Crippen molar-refractivity contribution >= 4 is 23.0 Å². The van der Waals surface area contributed by atoms with Gasteiger partial charge >= 0.3 is 0 Å². The lowest BCUT2D eigenvalue weighted by Crippen LogP contribution is -2.36. The van der Waals surface area contributed by atoms with Crippen LogP contribution in [0, 0.1) is 6.92 Å². The second-order valence-electron chi connectivity index (χ2n) is 6.96. The maximum atomic E-state index is 5.78. The maximum Gasteiger partial charge on any atom is 0.174 e. The van der Waals surface area contributed by atoms with E-state index >= 15 is 0 Å². The molecule has 1 aromatic carbocycles. The molecule has 1 heterocycles. The van der Waals surface area contributed by atoms with Crippen LogP contribution in [-0.4, -0.2) is 28.7 Å². The van der Waals surface area contributed by atoms with Gasteiger partial charge in [-0.2, -0.15) is 0 Å². The highest BCUT2D eigenvalue weighted by Gasteiger charge is 2.16. The van der Waals surface area contributed by atoms with Gasteiger partial charge < -0.3 is 15.0 Å². The highest BCUT2D eigenvalue weighted by atomic mass is 32.1. The zero-order valence-electron chi connectivity index (χ0n) is 16.1. The van der Waals surface area contributed by atoms with Gasteiger partial charge in [-0.15, -0.1) is 0 Å². The standard InChI is InChI=1S/C22H27N3OS/c1-17-10-11-20(21(13-17)26-2)24-22(27)25(15-18-7-4-3-5-8-18)16-19-9-6-12-23-14-19/h6-7,9-14H,3-5,8,15-16H2,1-2H3,(H,24,27). The number of nitrogens with zero attached hydrogens (tertiary/aromatic N) is 2. The van der Waals surface area contributed by atoms with Crippen LogP contribution < -0.4 is 10.1 Å². The quantitative estimate of drug-likeness (QED) is 0.557. The average molecular weight is 382 g/mol. The van der Waals surface area contributed by atoms with Crippen molar-refractivity contribution in [2.24, 2.45) is 0 Å². The highest BCUT2D eigenvalue weighted by molar-refractivity contribution is 7.80. The summed E-state index contributed by atoms with van der Waals surface area (Å²) >= 11 is 5.78. The van der Waals surface area contributed by atoms with Crippen LogP contribution in [0.15, 0.2) is 54.4 Å². The van der Waals surface area contributed by atoms with Gasteiger partial charge in [-0.25, -0.2) is 0 Å². The third-order valence-corrected chi connectivity index (χ3v) is 5.12. The molecule has 1 aliphatic carbocycles. The van der Waals surface area contributed by atoms with E-state index in [9.17, 15) is 0 Å². The van der Waals surface area contributed by atoms with E-state index in [0.717, 1.165) is 42.1 Å². The van der Waals surface area contributed by atoms with E-state index in [4.69, 9.17) is 17.0 Å². The van der Waals surface area contributed by atoms with Crippen molar-refractivity contribution in [1.29, 1.82) is 0 Å². The van der Waals surface area contributed by atoms with Gasteiger partial charge in [0.05, 0.1) is 12.8 Å². The van der Waals surface area contributed by atoms with Crippen molar-refractivity contribution < 1.29 is 4.74 Å². The molecule has 0 spiro atoms. The summed E-state index contributed by atoms with van der Waals surface area (Å²) in [5, 5.41) is 4.08. The number of methoxy groups -OCH3 is 1. The van der Waals surface area contributed by atoms with Crippen LogP contribution in [-0.2, 0) is 6.54 Å². The number of ether oxygens (including phenoxy) is 1. The second-order valence-corrected chi connectivity index (χ2v) is 7.35. The molecule has 0 bridgehead atoms. The fraction of sp³-hybridized carbons (Fsp3) is 0.364. The molecule has 142 valence electrons. The number of allylic oxidation sites excluding steroid dienone is 1. The Bertz CT molecular complexity index is 804. The molecule has 0 saturated carbocycles. The van der Waals surface area contributed by atoms with E-state index in [1.807, 2.05) is 24.4 Å². The zero-order chi connectivity index (χ0) is 19.1. The molecule has 4 nitrogen and oxygen atoms in total. The largest absolute Gasteiger partial charge is 0.495 e. The number of rotatable bonds is 6. The van der Waals surface area contributed by atoms with Crippen LogP contribution in [0.25, 0.3) is 0 Å². The molecule has 0 unspecified atom stereocenters. The van der Waals surface area contributed by atoms with Crippen LogP contribution in [0.2, 0.25) is 0 Å². The summed E-state index contributed by atoms with van der Waals surface area (Å²) in [4.78, 5) is 6.45. The normalized spacial score (nSPS) is 13.6. The number of pyridine rings is 1. The smallest absolute Gasteiger partial charge is 0.174 e. The summed E-state index contributed by atoms with van der Waals surface area (Å²) in [6.45, 7) is 3.62. The van der Waals surface area contributed by atoms with Crippen LogP contribution >= 0.6 is 12.2 Å². The molecule has 0 radical (unpaired) electrons.